The minimum atomic E-state index is 0.229. The highest BCUT2D eigenvalue weighted by atomic mass is 16.5. The molecule has 0 bridgehead atoms. The van der Waals surface area contributed by atoms with Crippen molar-refractivity contribution in [2.24, 2.45) is 0 Å². The largest absolute Gasteiger partial charge is 0.508 e. The molecule has 0 atom stereocenters. The zero-order valence-electron chi connectivity index (χ0n) is 8.91. The SMILES string of the molecule is Oc1cccc(OCCCn2ccnc2)c1. The van der Waals surface area contributed by atoms with Crippen molar-refractivity contribution in [3.05, 3.63) is 43.0 Å². The third-order valence-corrected chi connectivity index (χ3v) is 2.21. The van der Waals surface area contributed by atoms with Gasteiger partial charge in [0.2, 0.25) is 0 Å². The van der Waals surface area contributed by atoms with Gasteiger partial charge in [-0.05, 0) is 18.6 Å². The summed E-state index contributed by atoms with van der Waals surface area (Å²) in [6.45, 7) is 1.51. The summed E-state index contributed by atoms with van der Waals surface area (Å²) in [5.74, 6) is 0.928. The number of aryl methyl sites for hydroxylation is 1. The van der Waals surface area contributed by atoms with E-state index >= 15 is 0 Å². The highest BCUT2D eigenvalue weighted by molar-refractivity contribution is 5.31. The summed E-state index contributed by atoms with van der Waals surface area (Å²) in [6, 6.07) is 6.83. The van der Waals surface area contributed by atoms with E-state index in [0.717, 1.165) is 13.0 Å². The molecule has 0 aliphatic rings. The Hall–Kier alpha value is -1.97. The third kappa shape index (κ3) is 3.02. The number of ether oxygens (including phenoxy) is 1. The lowest BCUT2D eigenvalue weighted by Crippen LogP contribution is -2.02. The fraction of sp³-hybridized carbons (Fsp3) is 0.250. The Morgan fingerprint density at radius 2 is 2.31 bits per heavy atom. The number of hydrogen-bond donors (Lipinski definition) is 1. The van der Waals surface area contributed by atoms with E-state index in [1.165, 1.54) is 0 Å². The maximum atomic E-state index is 9.23. The molecular weight excluding hydrogens is 204 g/mol. The second kappa shape index (κ2) is 5.21. The van der Waals surface area contributed by atoms with Crippen LogP contribution in [-0.2, 0) is 6.54 Å². The summed E-state index contributed by atoms with van der Waals surface area (Å²) in [6.07, 6.45) is 6.38. The van der Waals surface area contributed by atoms with E-state index in [2.05, 4.69) is 4.98 Å². The van der Waals surface area contributed by atoms with E-state index in [1.807, 2.05) is 16.8 Å². The van der Waals surface area contributed by atoms with Crippen LogP contribution in [0.1, 0.15) is 6.42 Å². The van der Waals surface area contributed by atoms with Crippen molar-refractivity contribution in [2.45, 2.75) is 13.0 Å². The maximum Gasteiger partial charge on any atom is 0.122 e. The zero-order chi connectivity index (χ0) is 11.2. The molecule has 2 aromatic rings. The molecule has 2 rings (SSSR count). The minimum Gasteiger partial charge on any atom is -0.508 e. The smallest absolute Gasteiger partial charge is 0.122 e. The van der Waals surface area contributed by atoms with Gasteiger partial charge in [-0.2, -0.15) is 0 Å². The molecule has 0 saturated carbocycles. The molecule has 1 aromatic heterocycles. The van der Waals surface area contributed by atoms with Gasteiger partial charge in [-0.1, -0.05) is 6.07 Å². The second-order valence-electron chi connectivity index (χ2n) is 3.50. The molecule has 84 valence electrons. The highest BCUT2D eigenvalue weighted by Crippen LogP contribution is 2.17. The van der Waals surface area contributed by atoms with Gasteiger partial charge in [-0.15, -0.1) is 0 Å². The Bertz CT molecular complexity index is 426. The molecule has 16 heavy (non-hydrogen) atoms. The molecule has 1 heterocycles. The number of imidazole rings is 1. The fourth-order valence-corrected chi connectivity index (χ4v) is 1.43. The lowest BCUT2D eigenvalue weighted by molar-refractivity contribution is 0.300. The number of rotatable bonds is 5. The van der Waals surface area contributed by atoms with E-state index in [-0.39, 0.29) is 5.75 Å². The van der Waals surface area contributed by atoms with E-state index in [9.17, 15) is 5.11 Å². The summed E-state index contributed by atoms with van der Waals surface area (Å²) in [4.78, 5) is 3.96. The summed E-state index contributed by atoms with van der Waals surface area (Å²) in [7, 11) is 0. The molecule has 0 aliphatic heterocycles. The number of nitrogens with zero attached hydrogens (tertiary/aromatic N) is 2. The van der Waals surface area contributed by atoms with Crippen molar-refractivity contribution in [3.63, 3.8) is 0 Å². The van der Waals surface area contributed by atoms with Gasteiger partial charge in [0.05, 0.1) is 12.9 Å². The zero-order valence-corrected chi connectivity index (χ0v) is 8.91. The summed E-state index contributed by atoms with van der Waals surface area (Å²) >= 11 is 0. The molecule has 0 fully saturated rings. The van der Waals surface area contributed by atoms with Gasteiger partial charge in [-0.3, -0.25) is 0 Å². The van der Waals surface area contributed by atoms with Gasteiger partial charge in [0.15, 0.2) is 0 Å². The molecule has 0 amide bonds. The molecule has 1 N–H and O–H groups in total. The summed E-state index contributed by atoms with van der Waals surface area (Å²) < 4.78 is 7.50. The maximum absolute atomic E-state index is 9.23. The standard InChI is InChI=1S/C12H14N2O2/c15-11-3-1-4-12(9-11)16-8-2-6-14-7-5-13-10-14/h1,3-5,7,9-10,15H,2,6,8H2. The number of phenolic OH excluding ortho intramolecular Hbond substituents is 1. The van der Waals surface area contributed by atoms with Crippen LogP contribution < -0.4 is 4.74 Å². The minimum absolute atomic E-state index is 0.229. The Labute approximate surface area is 94.1 Å². The van der Waals surface area contributed by atoms with Crippen LogP contribution in [0.4, 0.5) is 0 Å². The molecule has 0 aliphatic carbocycles. The highest BCUT2D eigenvalue weighted by Gasteiger charge is 1.95. The predicted octanol–water partition coefficient (Wildman–Crippen LogP) is 2.06. The Morgan fingerprint density at radius 1 is 1.38 bits per heavy atom. The molecule has 4 nitrogen and oxygen atoms in total. The van der Waals surface area contributed by atoms with Crippen LogP contribution >= 0.6 is 0 Å². The Balaban J connectivity index is 1.72. The molecule has 0 spiro atoms. The van der Waals surface area contributed by atoms with Gasteiger partial charge in [0.1, 0.15) is 11.5 Å². The quantitative estimate of drug-likeness (QED) is 0.781. The monoisotopic (exact) mass is 218 g/mol. The van der Waals surface area contributed by atoms with Crippen LogP contribution in [-0.4, -0.2) is 21.3 Å². The van der Waals surface area contributed by atoms with Gasteiger partial charge in [0.25, 0.3) is 0 Å². The number of phenols is 1. The molecule has 1 aromatic carbocycles. The molecule has 0 unspecified atom stereocenters. The number of hydrogen-bond acceptors (Lipinski definition) is 3. The lowest BCUT2D eigenvalue weighted by atomic mass is 10.3. The van der Waals surface area contributed by atoms with Crippen LogP contribution in [0.2, 0.25) is 0 Å². The lowest BCUT2D eigenvalue weighted by Gasteiger charge is -2.06. The molecular formula is C12H14N2O2. The first-order chi connectivity index (χ1) is 7.84. The Morgan fingerprint density at radius 3 is 3.06 bits per heavy atom. The first-order valence-corrected chi connectivity index (χ1v) is 5.22. The Kier molecular flexibility index (Phi) is 3.43. The van der Waals surface area contributed by atoms with E-state index in [0.29, 0.717) is 12.4 Å². The van der Waals surface area contributed by atoms with Crippen molar-refractivity contribution in [1.29, 1.82) is 0 Å². The second-order valence-corrected chi connectivity index (χ2v) is 3.50. The number of benzene rings is 1. The van der Waals surface area contributed by atoms with Crippen LogP contribution in [0.15, 0.2) is 43.0 Å². The van der Waals surface area contributed by atoms with Gasteiger partial charge >= 0.3 is 0 Å². The van der Waals surface area contributed by atoms with Crippen molar-refractivity contribution >= 4 is 0 Å². The normalized spacial score (nSPS) is 10.2. The van der Waals surface area contributed by atoms with E-state index in [1.54, 1.807) is 30.7 Å². The van der Waals surface area contributed by atoms with Crippen LogP contribution in [0.25, 0.3) is 0 Å². The van der Waals surface area contributed by atoms with Gasteiger partial charge in [-0.25, -0.2) is 4.98 Å². The summed E-state index contributed by atoms with van der Waals surface area (Å²) in [5.41, 5.74) is 0. The van der Waals surface area contributed by atoms with E-state index in [4.69, 9.17) is 4.74 Å². The van der Waals surface area contributed by atoms with E-state index < -0.39 is 0 Å². The topological polar surface area (TPSA) is 47.3 Å². The van der Waals surface area contributed by atoms with Crippen LogP contribution in [0.3, 0.4) is 0 Å². The number of aromatic nitrogens is 2. The first-order valence-electron chi connectivity index (χ1n) is 5.22. The van der Waals surface area contributed by atoms with Crippen LogP contribution in [0.5, 0.6) is 11.5 Å². The van der Waals surface area contributed by atoms with Crippen molar-refractivity contribution < 1.29 is 9.84 Å². The molecule has 0 radical (unpaired) electrons. The number of aromatic hydroxyl groups is 1. The molecule has 4 heteroatoms. The van der Waals surface area contributed by atoms with Crippen molar-refractivity contribution in [2.75, 3.05) is 6.61 Å². The van der Waals surface area contributed by atoms with Crippen molar-refractivity contribution in [1.82, 2.24) is 9.55 Å². The van der Waals surface area contributed by atoms with Crippen LogP contribution in [0, 0.1) is 0 Å². The summed E-state index contributed by atoms with van der Waals surface area (Å²) in [5, 5.41) is 9.23. The average molecular weight is 218 g/mol. The fourth-order valence-electron chi connectivity index (χ4n) is 1.43. The van der Waals surface area contributed by atoms with Crippen molar-refractivity contribution in [3.8, 4) is 11.5 Å². The average Bonchev–Trinajstić information content (AvgIpc) is 2.77. The first kappa shape index (κ1) is 10.5. The van der Waals surface area contributed by atoms with Gasteiger partial charge in [0, 0.05) is 25.0 Å². The molecule has 0 saturated heterocycles. The van der Waals surface area contributed by atoms with Gasteiger partial charge < -0.3 is 14.4 Å². The predicted molar refractivity (Wildman–Crippen MR) is 60.4 cm³/mol. The third-order valence-electron chi connectivity index (χ3n) is 2.21.